The molecule has 0 rings (SSSR count). The summed E-state index contributed by atoms with van der Waals surface area (Å²) in [4.78, 5) is 8.00. The van der Waals surface area contributed by atoms with Gasteiger partial charge >= 0.3 is 0 Å². The minimum absolute atomic E-state index is 0.310. The van der Waals surface area contributed by atoms with Crippen molar-refractivity contribution < 1.29 is 96.1 Å². The molecule has 222 valence electrons. The maximum atomic E-state index is 7.68. The first-order valence-corrected chi connectivity index (χ1v) is 7.25. The molecule has 0 aliphatic carbocycles. The maximum Gasteiger partial charge on any atom is 0.0559 e. The number of nitrogens with one attached hydrogen (secondary N) is 1. The Hall–Kier alpha value is -4.96. The third-order valence-corrected chi connectivity index (χ3v) is 1.35. The van der Waals surface area contributed by atoms with E-state index in [0.29, 0.717) is 0 Å². The van der Waals surface area contributed by atoms with E-state index in [2.05, 4.69) is 185 Å². The molecule has 0 radical (unpaired) electrons. The number of rotatable bonds is 27. The second-order valence-electron chi connectivity index (χ2n) is 3.13. The summed E-state index contributed by atoms with van der Waals surface area (Å²) in [7, 11) is 0. The van der Waals surface area contributed by atoms with E-state index in [0.717, 1.165) is 0 Å². The molecule has 0 aliphatic heterocycles. The maximum absolute atomic E-state index is 7.68. The summed E-state index contributed by atoms with van der Waals surface area (Å²) < 4.78 is 0. The third-order valence-electron chi connectivity index (χ3n) is 1.35. The Morgan fingerprint density at radius 3 is 0.950 bits per heavy atom. The monoisotopic (exact) mass is 601 g/mol. The molecular formula is H3N21O19. The van der Waals surface area contributed by atoms with E-state index < -0.39 is 0 Å². The second kappa shape index (κ2) is 32.1. The van der Waals surface area contributed by atoms with Gasteiger partial charge in [0, 0.05) is 57.5 Å². The fourth-order valence-corrected chi connectivity index (χ4v) is 0.585. The highest BCUT2D eigenvalue weighted by Gasteiger charge is 2.10. The summed E-state index contributed by atoms with van der Waals surface area (Å²) in [5, 5.41) is 121. The number of nitrogens with zero attached hydrogens (tertiary/aromatic N) is 20. The molecule has 0 aromatic carbocycles. The summed E-state index contributed by atoms with van der Waals surface area (Å²) in [6.07, 6.45) is 0. The van der Waals surface area contributed by atoms with Crippen molar-refractivity contribution in [2.45, 2.75) is 0 Å². The summed E-state index contributed by atoms with van der Waals surface area (Å²) in [5.41, 5.74) is 6.24. The normalized spacial score (nSPS) is 13.2. The molecule has 0 unspecified atom stereocenters. The van der Waals surface area contributed by atoms with E-state index in [4.69, 9.17) is 16.0 Å². The van der Waals surface area contributed by atoms with E-state index in [1.807, 2.05) is 0 Å². The van der Waals surface area contributed by atoms with Crippen LogP contribution in [0.4, 0.5) is 0 Å². The van der Waals surface area contributed by atoms with Crippen molar-refractivity contribution >= 4 is 0 Å². The topological polar surface area (TPSA) is 459 Å². The van der Waals surface area contributed by atoms with Crippen molar-refractivity contribution in [3.8, 4) is 0 Å². The summed E-state index contributed by atoms with van der Waals surface area (Å²) >= 11 is 0. The van der Waals surface area contributed by atoms with Gasteiger partial charge in [0.2, 0.25) is 0 Å². The highest BCUT2D eigenvalue weighted by molar-refractivity contribution is 4.13. The van der Waals surface area contributed by atoms with Gasteiger partial charge in [-0.1, -0.05) is 0 Å². The SMILES string of the molecule is N=N/N=N/N=N/N=N/N=N/N=N/N=N/N=N/N=N/N=N/N(OOOOOOOOO)OOOOOOOOOO. The van der Waals surface area contributed by atoms with E-state index in [-0.39, 0.29) is 5.34 Å². The van der Waals surface area contributed by atoms with Gasteiger partial charge in [0.1, 0.15) is 0 Å². The molecule has 3 N–H and O–H groups in total. The van der Waals surface area contributed by atoms with E-state index in [9.17, 15) is 0 Å². The van der Waals surface area contributed by atoms with Crippen LogP contribution in [-0.2, 0) is 85.6 Å². The molecule has 40 heavy (non-hydrogen) atoms. The van der Waals surface area contributed by atoms with E-state index in [1.54, 1.807) is 0 Å². The standard InChI is InChI=1S/H3N21O19/c1-2-3-4-5-6-7-8-9-10-11-12-13-14-15-16-17-18-19-20-21(24-28-32-36-38-34-30-26-22)25-29-33-37-40-39-35-31-27-23/h1,22-23H/b2-1?,4-3+,6-5+,8-7+,10-9+,12-11+,14-13+,16-15+,18-17+,20-19+. The van der Waals surface area contributed by atoms with Gasteiger partial charge in [-0.2, -0.15) is 5.53 Å². The Morgan fingerprint density at radius 1 is 0.350 bits per heavy atom. The van der Waals surface area contributed by atoms with Crippen molar-refractivity contribution in [1.82, 2.24) is 5.34 Å². The van der Waals surface area contributed by atoms with Crippen LogP contribution in [0, 0.1) is 5.53 Å². The zero-order valence-corrected chi connectivity index (χ0v) is 17.3. The molecule has 0 heterocycles. The number of hydrogen-bond donors (Lipinski definition) is 3. The molecule has 0 aliphatic rings. The van der Waals surface area contributed by atoms with Gasteiger partial charge in [-0.05, 0) is 127 Å². The summed E-state index contributed by atoms with van der Waals surface area (Å²) in [6, 6.07) is 0. The van der Waals surface area contributed by atoms with Gasteiger partial charge in [0.05, 0.1) is 5.34 Å². The molecule has 0 aromatic heterocycles. The van der Waals surface area contributed by atoms with Crippen LogP contribution >= 0.6 is 0 Å². The Kier molecular flexibility index (Phi) is 28.1. The summed E-state index contributed by atoms with van der Waals surface area (Å²) in [5.74, 6) is 0. The summed E-state index contributed by atoms with van der Waals surface area (Å²) in [6.45, 7) is 0. The zero-order valence-electron chi connectivity index (χ0n) is 17.3. The van der Waals surface area contributed by atoms with Crippen LogP contribution in [0.3, 0.4) is 0 Å². The molecule has 0 fully saturated rings. The lowest BCUT2D eigenvalue weighted by Gasteiger charge is -2.07. The van der Waals surface area contributed by atoms with Gasteiger partial charge in [-0.3, -0.25) is 0 Å². The molecule has 40 nitrogen and oxygen atoms in total. The lowest BCUT2D eigenvalue weighted by Crippen LogP contribution is -2.19. The molecule has 0 bridgehead atoms. The van der Waals surface area contributed by atoms with Crippen molar-refractivity contribution in [1.29, 1.82) is 5.53 Å². The predicted octanol–water partition coefficient (Wildman–Crippen LogP) is 2.32. The van der Waals surface area contributed by atoms with Crippen molar-refractivity contribution in [3.05, 3.63) is 0 Å². The zero-order chi connectivity index (χ0) is 29.0. The highest BCUT2D eigenvalue weighted by Crippen LogP contribution is 2.01. The van der Waals surface area contributed by atoms with E-state index in [1.165, 1.54) is 0 Å². The average Bonchev–Trinajstić information content (AvgIpc) is 2.97. The minimum Gasteiger partial charge on any atom is -0.219 e. The first-order valence-electron chi connectivity index (χ1n) is 7.25. The van der Waals surface area contributed by atoms with Crippen LogP contribution in [-0.4, -0.2) is 15.8 Å². The van der Waals surface area contributed by atoms with Crippen molar-refractivity contribution in [2.24, 2.45) is 99.2 Å². The predicted molar refractivity (Wildman–Crippen MR) is 74.4 cm³/mol. The number of hydrogen-bond acceptors (Lipinski definition) is 21. The van der Waals surface area contributed by atoms with Crippen LogP contribution in [0.25, 0.3) is 0 Å². The van der Waals surface area contributed by atoms with Gasteiger partial charge in [-0.25, -0.2) is 10.5 Å². The van der Waals surface area contributed by atoms with Gasteiger partial charge in [-0.15, -0.1) is 0 Å². The van der Waals surface area contributed by atoms with Crippen molar-refractivity contribution in [2.75, 3.05) is 0 Å². The Balaban J connectivity index is 4.35. The lowest BCUT2D eigenvalue weighted by molar-refractivity contribution is -0.867. The Morgan fingerprint density at radius 2 is 0.625 bits per heavy atom. The van der Waals surface area contributed by atoms with Crippen LogP contribution in [0.5, 0.6) is 0 Å². The van der Waals surface area contributed by atoms with Crippen LogP contribution in [0.2, 0.25) is 0 Å². The largest absolute Gasteiger partial charge is 0.219 e. The van der Waals surface area contributed by atoms with Crippen LogP contribution < -0.4 is 0 Å². The highest BCUT2D eigenvalue weighted by atomic mass is 17.9. The molecule has 0 atom stereocenters. The minimum atomic E-state index is -0.310. The molecular weight excluding hydrogens is 598 g/mol. The second-order valence-corrected chi connectivity index (χ2v) is 3.13. The van der Waals surface area contributed by atoms with Crippen LogP contribution in [0.1, 0.15) is 0 Å². The first kappa shape index (κ1) is 35.0. The lowest BCUT2D eigenvalue weighted by atomic mass is 12.3. The van der Waals surface area contributed by atoms with Crippen molar-refractivity contribution in [3.63, 3.8) is 0 Å². The average molecular weight is 601 g/mol. The van der Waals surface area contributed by atoms with Gasteiger partial charge < -0.3 is 0 Å². The van der Waals surface area contributed by atoms with Gasteiger partial charge in [0.15, 0.2) is 0 Å². The van der Waals surface area contributed by atoms with E-state index >= 15 is 0 Å². The molecule has 0 saturated heterocycles. The Bertz CT molecular complexity index is 830. The smallest absolute Gasteiger partial charge is 0.0559 e. The van der Waals surface area contributed by atoms with Crippen LogP contribution in [0.15, 0.2) is 99.2 Å². The third kappa shape index (κ3) is 29.3. The molecule has 0 amide bonds. The Labute approximate surface area is 207 Å². The first-order chi connectivity index (χ1) is 19.8. The molecule has 0 saturated carbocycles. The fourth-order valence-electron chi connectivity index (χ4n) is 0.585. The quantitative estimate of drug-likeness (QED) is 0.0525. The van der Waals surface area contributed by atoms with Gasteiger partial charge in [0.25, 0.3) is 0 Å². The fraction of sp³-hybridized carbons (Fsp3) is 0. The molecule has 40 heteroatoms. The molecule has 0 aromatic rings. The molecule has 0 spiro atoms.